The number of thioether (sulfide) groups is 1. The molecule has 0 amide bonds. The zero-order chi connectivity index (χ0) is 10.3. The van der Waals surface area contributed by atoms with Crippen LogP contribution in [0.25, 0.3) is 0 Å². The second-order valence-corrected chi connectivity index (χ2v) is 5.66. The van der Waals surface area contributed by atoms with E-state index in [-0.39, 0.29) is 4.75 Å². The van der Waals surface area contributed by atoms with Crippen LogP contribution >= 0.6 is 11.8 Å². The molecule has 0 spiro atoms. The molecule has 1 saturated heterocycles. The third-order valence-electron chi connectivity index (χ3n) is 2.61. The maximum Gasteiger partial charge on any atom is 0.403 e. The molecule has 2 unspecified atom stereocenters. The van der Waals surface area contributed by atoms with Gasteiger partial charge in [-0.1, -0.05) is 13.8 Å². The smallest absolute Gasteiger partial charge is 0.320 e. The zero-order valence-electron chi connectivity index (χ0n) is 7.69. The van der Waals surface area contributed by atoms with Gasteiger partial charge in [0.2, 0.25) is 0 Å². The molecular weight excluding hydrogens is 199 g/mol. The lowest BCUT2D eigenvalue weighted by atomic mass is 9.86. The molecule has 1 fully saturated rings. The molecule has 78 valence electrons. The fraction of sp³-hybridized carbons (Fsp3) is 1.00. The SMILES string of the molecule is CC1(C)SCCC1C(N)C(F)(F)F. The fourth-order valence-electron chi connectivity index (χ4n) is 1.74. The Morgan fingerprint density at radius 2 is 2.00 bits per heavy atom. The average Bonchev–Trinajstić information content (AvgIpc) is 2.26. The van der Waals surface area contributed by atoms with Crippen molar-refractivity contribution in [2.45, 2.75) is 37.2 Å². The first-order valence-corrected chi connectivity index (χ1v) is 5.20. The number of hydrogen-bond acceptors (Lipinski definition) is 2. The molecule has 1 rings (SSSR count). The number of hydrogen-bond donors (Lipinski definition) is 1. The molecule has 13 heavy (non-hydrogen) atoms. The largest absolute Gasteiger partial charge is 0.403 e. The minimum atomic E-state index is -4.26. The molecular formula is C8H14F3NS. The lowest BCUT2D eigenvalue weighted by molar-refractivity contribution is -0.160. The van der Waals surface area contributed by atoms with Crippen molar-refractivity contribution in [1.29, 1.82) is 0 Å². The molecule has 0 aromatic carbocycles. The van der Waals surface area contributed by atoms with E-state index in [4.69, 9.17) is 5.73 Å². The van der Waals surface area contributed by atoms with Gasteiger partial charge in [0, 0.05) is 4.75 Å². The maximum atomic E-state index is 12.3. The normalized spacial score (nSPS) is 30.5. The highest BCUT2D eigenvalue weighted by Gasteiger charge is 2.49. The van der Waals surface area contributed by atoms with Gasteiger partial charge in [-0.25, -0.2) is 0 Å². The van der Waals surface area contributed by atoms with Gasteiger partial charge in [0.25, 0.3) is 0 Å². The molecule has 1 heterocycles. The third-order valence-corrected chi connectivity index (χ3v) is 4.09. The van der Waals surface area contributed by atoms with Crippen LogP contribution in [0, 0.1) is 5.92 Å². The third kappa shape index (κ3) is 2.31. The van der Waals surface area contributed by atoms with Gasteiger partial charge >= 0.3 is 6.18 Å². The minimum absolute atomic E-state index is 0.338. The summed E-state index contributed by atoms with van der Waals surface area (Å²) in [5.41, 5.74) is 5.19. The van der Waals surface area contributed by atoms with E-state index in [1.807, 2.05) is 13.8 Å². The molecule has 1 aliphatic rings. The molecule has 0 aromatic heterocycles. The Kier molecular flexibility index (Phi) is 2.88. The van der Waals surface area contributed by atoms with Crippen molar-refractivity contribution in [3.63, 3.8) is 0 Å². The molecule has 2 N–H and O–H groups in total. The van der Waals surface area contributed by atoms with Gasteiger partial charge in [0.05, 0.1) is 0 Å². The summed E-state index contributed by atoms with van der Waals surface area (Å²) in [4.78, 5) is 0. The molecule has 0 radical (unpaired) electrons. The monoisotopic (exact) mass is 213 g/mol. The second kappa shape index (κ2) is 3.35. The van der Waals surface area contributed by atoms with Crippen LogP contribution in [-0.4, -0.2) is 22.7 Å². The summed E-state index contributed by atoms with van der Waals surface area (Å²) in [7, 11) is 0. The summed E-state index contributed by atoms with van der Waals surface area (Å²) >= 11 is 1.57. The van der Waals surface area contributed by atoms with E-state index in [2.05, 4.69) is 0 Å². The van der Waals surface area contributed by atoms with Crippen LogP contribution in [-0.2, 0) is 0 Å². The number of nitrogens with two attached hydrogens (primary N) is 1. The van der Waals surface area contributed by atoms with Gasteiger partial charge in [-0.2, -0.15) is 24.9 Å². The lowest BCUT2D eigenvalue weighted by Crippen LogP contribution is -2.48. The highest BCUT2D eigenvalue weighted by atomic mass is 32.2. The van der Waals surface area contributed by atoms with E-state index in [1.165, 1.54) is 0 Å². The first-order chi connectivity index (χ1) is 5.75. The van der Waals surface area contributed by atoms with Crippen LogP contribution in [0.2, 0.25) is 0 Å². The summed E-state index contributed by atoms with van der Waals surface area (Å²) < 4.78 is 36.6. The number of rotatable bonds is 1. The molecule has 0 aromatic rings. The fourth-order valence-corrected chi connectivity index (χ4v) is 3.12. The summed E-state index contributed by atoms with van der Waals surface area (Å²) in [5.74, 6) is 0.332. The van der Waals surface area contributed by atoms with Crippen LogP contribution in [0.3, 0.4) is 0 Å². The van der Waals surface area contributed by atoms with Crippen molar-refractivity contribution in [3.8, 4) is 0 Å². The Morgan fingerprint density at radius 3 is 2.31 bits per heavy atom. The van der Waals surface area contributed by atoms with Crippen molar-refractivity contribution in [2.75, 3.05) is 5.75 Å². The Bertz CT molecular complexity index is 190. The summed E-state index contributed by atoms with van der Waals surface area (Å²) in [6.07, 6.45) is -3.69. The van der Waals surface area contributed by atoms with Crippen LogP contribution in [0.4, 0.5) is 13.2 Å². The maximum absolute atomic E-state index is 12.3. The van der Waals surface area contributed by atoms with E-state index in [9.17, 15) is 13.2 Å². The second-order valence-electron chi connectivity index (χ2n) is 3.91. The van der Waals surface area contributed by atoms with Gasteiger partial charge < -0.3 is 5.73 Å². The highest BCUT2D eigenvalue weighted by molar-refractivity contribution is 8.00. The van der Waals surface area contributed by atoms with E-state index in [0.29, 0.717) is 6.42 Å². The number of halogens is 3. The Balaban J connectivity index is 2.72. The quantitative estimate of drug-likeness (QED) is 0.724. The summed E-state index contributed by atoms with van der Waals surface area (Å²) in [6.45, 7) is 3.67. The van der Waals surface area contributed by atoms with Gasteiger partial charge in [-0.3, -0.25) is 0 Å². The minimum Gasteiger partial charge on any atom is -0.320 e. The molecule has 0 bridgehead atoms. The first-order valence-electron chi connectivity index (χ1n) is 4.21. The predicted molar refractivity (Wildman–Crippen MR) is 48.7 cm³/mol. The first kappa shape index (κ1) is 11.2. The van der Waals surface area contributed by atoms with Crippen LogP contribution in [0.15, 0.2) is 0 Å². The topological polar surface area (TPSA) is 26.0 Å². The van der Waals surface area contributed by atoms with Crippen molar-refractivity contribution >= 4 is 11.8 Å². The average molecular weight is 213 g/mol. The molecule has 0 saturated carbocycles. The van der Waals surface area contributed by atoms with Crippen molar-refractivity contribution < 1.29 is 13.2 Å². The highest BCUT2D eigenvalue weighted by Crippen LogP contribution is 2.46. The molecule has 5 heteroatoms. The van der Waals surface area contributed by atoms with Crippen LogP contribution in [0.5, 0.6) is 0 Å². The molecule has 2 atom stereocenters. The van der Waals surface area contributed by atoms with E-state index >= 15 is 0 Å². The van der Waals surface area contributed by atoms with Gasteiger partial charge in [-0.05, 0) is 18.1 Å². The molecule has 1 nitrogen and oxygen atoms in total. The van der Waals surface area contributed by atoms with Gasteiger partial charge in [-0.15, -0.1) is 0 Å². The van der Waals surface area contributed by atoms with E-state index < -0.39 is 18.1 Å². The predicted octanol–water partition coefficient (Wildman–Crippen LogP) is 2.41. The Labute approximate surface area is 80.2 Å². The van der Waals surface area contributed by atoms with Gasteiger partial charge in [0.1, 0.15) is 6.04 Å². The van der Waals surface area contributed by atoms with Gasteiger partial charge in [0.15, 0.2) is 0 Å². The standard InChI is InChI=1S/C8H14F3NS/c1-7(2)5(3-4-13-7)6(12)8(9,10)11/h5-6H,3-4,12H2,1-2H3. The Hall–Kier alpha value is 0.100. The zero-order valence-corrected chi connectivity index (χ0v) is 8.50. The Morgan fingerprint density at radius 1 is 1.46 bits per heavy atom. The van der Waals surface area contributed by atoms with Crippen molar-refractivity contribution in [3.05, 3.63) is 0 Å². The summed E-state index contributed by atoms with van der Waals surface area (Å²) in [5, 5.41) is 0. The summed E-state index contributed by atoms with van der Waals surface area (Å²) in [6, 6.07) is -1.67. The van der Waals surface area contributed by atoms with E-state index in [0.717, 1.165) is 5.75 Å². The number of alkyl halides is 3. The van der Waals surface area contributed by atoms with Crippen molar-refractivity contribution in [1.82, 2.24) is 0 Å². The van der Waals surface area contributed by atoms with Crippen LogP contribution in [0.1, 0.15) is 20.3 Å². The lowest BCUT2D eigenvalue weighted by Gasteiger charge is -2.31. The molecule has 0 aliphatic carbocycles. The van der Waals surface area contributed by atoms with Crippen LogP contribution < -0.4 is 5.73 Å². The van der Waals surface area contributed by atoms with Crippen molar-refractivity contribution in [2.24, 2.45) is 11.7 Å². The molecule has 1 aliphatic heterocycles. The van der Waals surface area contributed by atoms with E-state index in [1.54, 1.807) is 11.8 Å².